The van der Waals surface area contributed by atoms with Gasteiger partial charge in [0.2, 0.25) is 0 Å². The Morgan fingerprint density at radius 1 is 1.05 bits per heavy atom. The largest absolute Gasteiger partial charge is 0.369 e. The Morgan fingerprint density at radius 2 is 1.77 bits per heavy atom. The van der Waals surface area contributed by atoms with Crippen molar-refractivity contribution in [1.29, 1.82) is 0 Å². The van der Waals surface area contributed by atoms with E-state index >= 15 is 0 Å². The molecule has 1 aliphatic carbocycles. The average Bonchev–Trinajstić information content (AvgIpc) is 2.58. The minimum Gasteiger partial charge on any atom is -0.369 e. The van der Waals surface area contributed by atoms with Crippen molar-refractivity contribution in [2.75, 3.05) is 31.1 Å². The van der Waals surface area contributed by atoms with E-state index in [9.17, 15) is 0 Å². The number of anilines is 1. The van der Waals surface area contributed by atoms with Crippen LogP contribution in [0.2, 0.25) is 0 Å². The van der Waals surface area contributed by atoms with Gasteiger partial charge in [-0.3, -0.25) is 4.90 Å². The van der Waals surface area contributed by atoms with E-state index in [2.05, 4.69) is 66.1 Å². The number of rotatable bonds is 4. The summed E-state index contributed by atoms with van der Waals surface area (Å²) in [5.74, 6) is 0. The Bertz CT molecular complexity index is 536. The number of hydrogen-bond donors (Lipinski definition) is 0. The van der Waals surface area contributed by atoms with Gasteiger partial charge in [0.25, 0.3) is 0 Å². The van der Waals surface area contributed by atoms with E-state index in [4.69, 9.17) is 0 Å². The predicted molar refractivity (Wildman–Crippen MR) is 95.4 cm³/mol. The highest BCUT2D eigenvalue weighted by atomic mass is 15.3. The van der Waals surface area contributed by atoms with Gasteiger partial charge in [0.15, 0.2) is 0 Å². The fourth-order valence-corrected chi connectivity index (χ4v) is 3.64. The molecule has 118 valence electrons. The first-order valence-corrected chi connectivity index (χ1v) is 8.63. The van der Waals surface area contributed by atoms with Gasteiger partial charge in [-0.1, -0.05) is 41.5 Å². The molecule has 0 saturated carbocycles. The Labute approximate surface area is 135 Å². The average molecular weight is 296 g/mol. The van der Waals surface area contributed by atoms with E-state index in [0.29, 0.717) is 6.04 Å². The SMILES string of the molecule is CC1=C(CC(C)N2CCN(c3ccccc3)CC2)CCC=C1. The lowest BCUT2D eigenvalue weighted by Crippen LogP contribution is -2.49. The Kier molecular flexibility index (Phi) is 4.99. The maximum Gasteiger partial charge on any atom is 0.0367 e. The van der Waals surface area contributed by atoms with Gasteiger partial charge in [0.1, 0.15) is 0 Å². The highest BCUT2D eigenvalue weighted by Crippen LogP contribution is 2.25. The normalized spacial score (nSPS) is 21.3. The molecule has 2 heteroatoms. The van der Waals surface area contributed by atoms with Crippen molar-refractivity contribution in [3.8, 4) is 0 Å². The molecule has 1 unspecified atom stereocenters. The number of allylic oxidation sites excluding steroid dienone is 3. The Balaban J connectivity index is 1.54. The predicted octanol–water partition coefficient (Wildman–Crippen LogP) is 4.25. The summed E-state index contributed by atoms with van der Waals surface area (Å²) in [7, 11) is 0. The molecule has 1 atom stereocenters. The first-order chi connectivity index (χ1) is 10.7. The Hall–Kier alpha value is -1.54. The topological polar surface area (TPSA) is 6.48 Å². The smallest absolute Gasteiger partial charge is 0.0367 e. The van der Waals surface area contributed by atoms with Crippen LogP contribution in [0.25, 0.3) is 0 Å². The second kappa shape index (κ2) is 7.15. The van der Waals surface area contributed by atoms with Crippen LogP contribution in [0.4, 0.5) is 5.69 Å². The quantitative estimate of drug-likeness (QED) is 0.819. The van der Waals surface area contributed by atoms with Crippen molar-refractivity contribution in [2.45, 2.75) is 39.2 Å². The molecule has 22 heavy (non-hydrogen) atoms. The van der Waals surface area contributed by atoms with Crippen LogP contribution in [0.15, 0.2) is 53.6 Å². The number of para-hydroxylation sites is 1. The first kappa shape index (κ1) is 15.4. The van der Waals surface area contributed by atoms with Gasteiger partial charge in [-0.25, -0.2) is 0 Å². The molecule has 0 radical (unpaired) electrons. The van der Waals surface area contributed by atoms with Crippen LogP contribution in [0.3, 0.4) is 0 Å². The molecular weight excluding hydrogens is 268 g/mol. The number of benzene rings is 1. The highest BCUT2D eigenvalue weighted by molar-refractivity contribution is 5.46. The van der Waals surface area contributed by atoms with Crippen LogP contribution < -0.4 is 4.90 Å². The second-order valence-corrected chi connectivity index (χ2v) is 6.64. The molecule has 1 heterocycles. The van der Waals surface area contributed by atoms with Crippen molar-refractivity contribution in [2.24, 2.45) is 0 Å². The lowest BCUT2D eigenvalue weighted by molar-refractivity contribution is 0.195. The molecular formula is C20H28N2. The van der Waals surface area contributed by atoms with Crippen LogP contribution >= 0.6 is 0 Å². The fourth-order valence-electron chi connectivity index (χ4n) is 3.64. The van der Waals surface area contributed by atoms with Crippen molar-refractivity contribution in [3.63, 3.8) is 0 Å². The molecule has 1 aliphatic heterocycles. The van der Waals surface area contributed by atoms with Crippen molar-refractivity contribution in [1.82, 2.24) is 4.90 Å². The van der Waals surface area contributed by atoms with Gasteiger partial charge in [-0.2, -0.15) is 0 Å². The minimum absolute atomic E-state index is 0.661. The van der Waals surface area contributed by atoms with Crippen LogP contribution in [-0.2, 0) is 0 Å². The lowest BCUT2D eigenvalue weighted by Gasteiger charge is -2.39. The van der Waals surface area contributed by atoms with E-state index in [1.54, 1.807) is 5.57 Å². The maximum atomic E-state index is 2.66. The second-order valence-electron chi connectivity index (χ2n) is 6.64. The summed E-state index contributed by atoms with van der Waals surface area (Å²) < 4.78 is 0. The molecule has 1 fully saturated rings. The van der Waals surface area contributed by atoms with Crippen LogP contribution in [-0.4, -0.2) is 37.1 Å². The first-order valence-electron chi connectivity index (χ1n) is 8.63. The van der Waals surface area contributed by atoms with Crippen molar-refractivity contribution >= 4 is 5.69 Å². The molecule has 1 aromatic carbocycles. The van der Waals surface area contributed by atoms with Gasteiger partial charge in [-0.15, -0.1) is 0 Å². The third-order valence-electron chi connectivity index (χ3n) is 5.14. The van der Waals surface area contributed by atoms with E-state index in [0.717, 1.165) is 13.1 Å². The number of piperazine rings is 1. The van der Waals surface area contributed by atoms with E-state index < -0.39 is 0 Å². The van der Waals surface area contributed by atoms with Gasteiger partial charge < -0.3 is 4.90 Å². The standard InChI is InChI=1S/C20H28N2/c1-17-8-6-7-9-19(17)16-18(2)21-12-14-22(15-13-21)20-10-4-3-5-11-20/h3-6,8,10-11,18H,7,9,12-16H2,1-2H3. The molecule has 0 bridgehead atoms. The molecule has 1 aromatic rings. The summed E-state index contributed by atoms with van der Waals surface area (Å²) in [5, 5.41) is 0. The van der Waals surface area contributed by atoms with Crippen LogP contribution in [0.1, 0.15) is 33.1 Å². The van der Waals surface area contributed by atoms with Gasteiger partial charge in [-0.05, 0) is 45.2 Å². The van der Waals surface area contributed by atoms with E-state index in [1.807, 2.05) is 0 Å². The molecule has 0 N–H and O–H groups in total. The summed E-state index contributed by atoms with van der Waals surface area (Å²) in [6.45, 7) is 9.32. The van der Waals surface area contributed by atoms with Gasteiger partial charge in [0, 0.05) is 37.9 Å². The summed E-state index contributed by atoms with van der Waals surface area (Å²) in [5.41, 5.74) is 4.53. The molecule has 2 nitrogen and oxygen atoms in total. The minimum atomic E-state index is 0.661. The molecule has 0 aromatic heterocycles. The molecule has 2 aliphatic rings. The summed E-state index contributed by atoms with van der Waals surface area (Å²) >= 11 is 0. The van der Waals surface area contributed by atoms with Gasteiger partial charge in [0.05, 0.1) is 0 Å². The maximum absolute atomic E-state index is 2.66. The van der Waals surface area contributed by atoms with Crippen LogP contribution in [0.5, 0.6) is 0 Å². The van der Waals surface area contributed by atoms with Gasteiger partial charge >= 0.3 is 0 Å². The van der Waals surface area contributed by atoms with Crippen LogP contribution in [0, 0.1) is 0 Å². The fraction of sp³-hybridized carbons (Fsp3) is 0.500. The lowest BCUT2D eigenvalue weighted by atomic mass is 9.93. The van der Waals surface area contributed by atoms with E-state index in [-0.39, 0.29) is 0 Å². The monoisotopic (exact) mass is 296 g/mol. The summed E-state index contributed by atoms with van der Waals surface area (Å²) in [4.78, 5) is 5.18. The Morgan fingerprint density at radius 3 is 2.45 bits per heavy atom. The molecule has 3 rings (SSSR count). The zero-order valence-corrected chi connectivity index (χ0v) is 14.0. The highest BCUT2D eigenvalue weighted by Gasteiger charge is 2.22. The van der Waals surface area contributed by atoms with E-state index in [1.165, 1.54) is 43.6 Å². The van der Waals surface area contributed by atoms with Crippen molar-refractivity contribution < 1.29 is 0 Å². The zero-order chi connectivity index (χ0) is 15.4. The summed E-state index contributed by atoms with van der Waals surface area (Å²) in [6, 6.07) is 11.5. The molecule has 0 amide bonds. The molecule has 0 spiro atoms. The molecule has 1 saturated heterocycles. The third kappa shape index (κ3) is 3.61. The zero-order valence-electron chi connectivity index (χ0n) is 14.0. The summed E-state index contributed by atoms with van der Waals surface area (Å²) in [6.07, 6.45) is 8.33. The van der Waals surface area contributed by atoms with Crippen molar-refractivity contribution in [3.05, 3.63) is 53.6 Å². The number of nitrogens with zero attached hydrogens (tertiary/aromatic N) is 2. The number of hydrogen-bond acceptors (Lipinski definition) is 2. The third-order valence-corrected chi connectivity index (χ3v) is 5.14.